The number of hydrogen-bond donors (Lipinski definition) is 0. The Bertz CT molecular complexity index is 916. The van der Waals surface area contributed by atoms with Gasteiger partial charge in [-0.15, -0.1) is 0 Å². The fourth-order valence-electron chi connectivity index (χ4n) is 4.09. The lowest BCUT2D eigenvalue weighted by Crippen LogP contribution is -2.28. The van der Waals surface area contributed by atoms with Crippen molar-refractivity contribution in [3.63, 3.8) is 0 Å². The molecule has 0 bridgehead atoms. The second-order valence-corrected chi connectivity index (χ2v) is 7.93. The van der Waals surface area contributed by atoms with Crippen molar-refractivity contribution in [1.82, 2.24) is 4.90 Å². The third-order valence-corrected chi connectivity index (χ3v) is 5.82. The molecular weight excluding hydrogens is 382 g/mol. The van der Waals surface area contributed by atoms with E-state index in [0.717, 1.165) is 53.2 Å². The highest BCUT2D eigenvalue weighted by atomic mass is 16.5. The molecule has 3 aromatic rings. The van der Waals surface area contributed by atoms with E-state index in [9.17, 15) is 4.79 Å². The van der Waals surface area contributed by atoms with Crippen LogP contribution in [0.4, 0.5) is 0 Å². The molecule has 3 rings (SSSR count). The van der Waals surface area contributed by atoms with Crippen molar-refractivity contribution in [3.8, 4) is 5.75 Å². The first-order chi connectivity index (χ1) is 15.0. The van der Waals surface area contributed by atoms with E-state index in [0.29, 0.717) is 6.61 Å². The van der Waals surface area contributed by atoms with E-state index in [-0.39, 0.29) is 11.7 Å². The summed E-state index contributed by atoms with van der Waals surface area (Å²) in [5.74, 6) is 0.675. The predicted molar refractivity (Wildman–Crippen MR) is 128 cm³/mol. The van der Waals surface area contributed by atoms with Crippen LogP contribution in [0.15, 0.2) is 72.8 Å². The van der Waals surface area contributed by atoms with Crippen LogP contribution in [0.2, 0.25) is 0 Å². The van der Waals surface area contributed by atoms with Crippen molar-refractivity contribution in [3.05, 3.63) is 101 Å². The molecule has 0 fully saturated rings. The minimum atomic E-state index is -0.323. The quantitative estimate of drug-likeness (QED) is 0.378. The van der Waals surface area contributed by atoms with Crippen molar-refractivity contribution in [2.24, 2.45) is 0 Å². The normalized spacial score (nSPS) is 11.2. The van der Waals surface area contributed by atoms with Crippen LogP contribution < -0.4 is 4.74 Å². The Labute approximate surface area is 186 Å². The molecule has 0 heterocycles. The minimum Gasteiger partial charge on any atom is -0.492 e. The number of nitrogens with zero attached hydrogens (tertiary/aromatic N) is 1. The van der Waals surface area contributed by atoms with Crippen molar-refractivity contribution >= 4 is 5.78 Å². The molecule has 0 N–H and O–H groups in total. The van der Waals surface area contributed by atoms with Crippen LogP contribution in [-0.4, -0.2) is 36.9 Å². The number of benzene rings is 3. The highest BCUT2D eigenvalue weighted by molar-refractivity contribution is 6.03. The standard InChI is InChI=1S/C28H33NO2/c1-5-29(6-2)17-18-31-28-21(3)19-25(20-22(28)4)27(30)26(23-13-9-7-10-14-23)24-15-11-8-12-16-24/h7-16,19-20,26H,5-6,17-18H2,1-4H3. The predicted octanol–water partition coefficient (Wildman–Crippen LogP) is 6.04. The third kappa shape index (κ3) is 5.62. The molecule has 31 heavy (non-hydrogen) atoms. The molecule has 0 amide bonds. The summed E-state index contributed by atoms with van der Waals surface area (Å²) >= 11 is 0. The lowest BCUT2D eigenvalue weighted by molar-refractivity contribution is 0.0973. The Morgan fingerprint density at radius 1 is 0.839 bits per heavy atom. The zero-order valence-corrected chi connectivity index (χ0v) is 19.1. The maximum atomic E-state index is 13.7. The molecule has 0 atom stereocenters. The van der Waals surface area contributed by atoms with Crippen LogP contribution >= 0.6 is 0 Å². The lowest BCUT2D eigenvalue weighted by atomic mass is 9.84. The highest BCUT2D eigenvalue weighted by Crippen LogP contribution is 2.32. The summed E-state index contributed by atoms with van der Waals surface area (Å²) in [6.45, 7) is 12.0. The molecule has 0 aromatic heterocycles. The number of ketones is 1. The van der Waals surface area contributed by atoms with Gasteiger partial charge in [0.25, 0.3) is 0 Å². The van der Waals surface area contributed by atoms with Gasteiger partial charge in [-0.2, -0.15) is 0 Å². The Kier molecular flexibility index (Phi) is 8.02. The molecule has 0 radical (unpaired) electrons. The largest absolute Gasteiger partial charge is 0.492 e. The summed E-state index contributed by atoms with van der Waals surface area (Å²) in [5.41, 5.74) is 4.75. The van der Waals surface area contributed by atoms with Crippen molar-refractivity contribution in [1.29, 1.82) is 0 Å². The van der Waals surface area contributed by atoms with E-state index in [1.54, 1.807) is 0 Å². The molecule has 3 nitrogen and oxygen atoms in total. The molecular formula is C28H33NO2. The fraction of sp³-hybridized carbons (Fsp3) is 0.321. The van der Waals surface area contributed by atoms with E-state index in [4.69, 9.17) is 4.74 Å². The van der Waals surface area contributed by atoms with Crippen LogP contribution in [0.5, 0.6) is 5.75 Å². The highest BCUT2D eigenvalue weighted by Gasteiger charge is 2.25. The first kappa shape index (κ1) is 22.8. The Morgan fingerprint density at radius 2 is 1.32 bits per heavy atom. The zero-order valence-electron chi connectivity index (χ0n) is 19.1. The Balaban J connectivity index is 1.87. The summed E-state index contributed by atoms with van der Waals surface area (Å²) in [6, 6.07) is 24.0. The summed E-state index contributed by atoms with van der Waals surface area (Å²) in [5, 5.41) is 0. The smallest absolute Gasteiger partial charge is 0.174 e. The molecule has 0 spiro atoms. The van der Waals surface area contributed by atoms with Gasteiger partial charge < -0.3 is 9.64 Å². The SMILES string of the molecule is CCN(CC)CCOc1c(C)cc(C(=O)C(c2ccccc2)c2ccccc2)cc1C. The second-order valence-electron chi connectivity index (χ2n) is 7.93. The van der Waals surface area contributed by atoms with Crippen molar-refractivity contribution < 1.29 is 9.53 Å². The summed E-state index contributed by atoms with van der Waals surface area (Å²) in [7, 11) is 0. The van der Waals surface area contributed by atoms with Gasteiger partial charge in [0.1, 0.15) is 12.4 Å². The fourth-order valence-corrected chi connectivity index (χ4v) is 4.09. The monoisotopic (exact) mass is 415 g/mol. The number of rotatable bonds is 10. The average molecular weight is 416 g/mol. The molecule has 0 aliphatic heterocycles. The summed E-state index contributed by atoms with van der Waals surface area (Å²) in [4.78, 5) is 16.0. The van der Waals surface area contributed by atoms with Crippen LogP contribution in [0, 0.1) is 13.8 Å². The first-order valence-electron chi connectivity index (χ1n) is 11.2. The molecule has 162 valence electrons. The van der Waals surface area contributed by atoms with Gasteiger partial charge in [0.15, 0.2) is 5.78 Å². The second kappa shape index (κ2) is 10.9. The van der Waals surface area contributed by atoms with Gasteiger partial charge in [0, 0.05) is 12.1 Å². The van der Waals surface area contributed by atoms with Crippen molar-refractivity contribution in [2.45, 2.75) is 33.6 Å². The Hall–Kier alpha value is -2.91. The molecule has 0 saturated carbocycles. The minimum absolute atomic E-state index is 0.110. The van der Waals surface area contributed by atoms with Gasteiger partial charge in [-0.1, -0.05) is 74.5 Å². The average Bonchev–Trinajstić information content (AvgIpc) is 2.79. The molecule has 0 aliphatic rings. The number of hydrogen-bond acceptors (Lipinski definition) is 3. The molecule has 3 aromatic carbocycles. The molecule has 0 unspecified atom stereocenters. The third-order valence-electron chi connectivity index (χ3n) is 5.82. The van der Waals surface area contributed by atoms with Crippen LogP contribution in [0.25, 0.3) is 0 Å². The van der Waals surface area contributed by atoms with Crippen LogP contribution in [0.1, 0.15) is 52.4 Å². The lowest BCUT2D eigenvalue weighted by Gasteiger charge is -2.21. The molecule has 3 heteroatoms. The topological polar surface area (TPSA) is 29.5 Å². The van der Waals surface area contributed by atoms with E-state index in [2.05, 4.69) is 18.7 Å². The van der Waals surface area contributed by atoms with E-state index >= 15 is 0 Å². The zero-order chi connectivity index (χ0) is 22.2. The van der Waals surface area contributed by atoms with Crippen molar-refractivity contribution in [2.75, 3.05) is 26.2 Å². The van der Waals surface area contributed by atoms with Gasteiger partial charge >= 0.3 is 0 Å². The molecule has 0 aliphatic carbocycles. The summed E-state index contributed by atoms with van der Waals surface area (Å²) in [6.07, 6.45) is 0. The van der Waals surface area contributed by atoms with Crippen LogP contribution in [-0.2, 0) is 0 Å². The van der Waals surface area contributed by atoms with Gasteiger partial charge in [-0.25, -0.2) is 0 Å². The Morgan fingerprint density at radius 3 is 1.77 bits per heavy atom. The van der Waals surface area contributed by atoms with Crippen LogP contribution in [0.3, 0.4) is 0 Å². The summed E-state index contributed by atoms with van der Waals surface area (Å²) < 4.78 is 6.11. The van der Waals surface area contributed by atoms with Gasteiger partial charge in [-0.05, 0) is 61.3 Å². The maximum absolute atomic E-state index is 13.7. The number of ether oxygens (including phenoxy) is 1. The first-order valence-corrected chi connectivity index (χ1v) is 11.2. The molecule has 0 saturated heterocycles. The number of carbonyl (C=O) groups excluding carboxylic acids is 1. The van der Waals surface area contributed by atoms with E-state index < -0.39 is 0 Å². The number of carbonyl (C=O) groups is 1. The number of Topliss-reactive ketones (excluding diaryl/α,β-unsaturated/α-hetero) is 1. The van der Waals surface area contributed by atoms with Gasteiger partial charge in [-0.3, -0.25) is 4.79 Å². The maximum Gasteiger partial charge on any atom is 0.174 e. The van der Waals surface area contributed by atoms with Gasteiger partial charge in [0.2, 0.25) is 0 Å². The van der Waals surface area contributed by atoms with Gasteiger partial charge in [0.05, 0.1) is 5.92 Å². The number of likely N-dealkylation sites (N-methyl/N-ethyl adjacent to an activating group) is 1. The van der Waals surface area contributed by atoms with E-state index in [1.165, 1.54) is 0 Å². The van der Waals surface area contributed by atoms with E-state index in [1.807, 2.05) is 86.6 Å². The number of aryl methyl sites for hydroxylation is 2.